The monoisotopic (exact) mass is 309 g/mol. The molecule has 2 rings (SSSR count). The molecule has 0 saturated heterocycles. The number of benzene rings is 1. The molecule has 0 spiro atoms. The molecule has 4 nitrogen and oxygen atoms in total. The minimum Gasteiger partial charge on any atom is -0.492 e. The number of likely N-dealkylation sites (N-methyl/N-ethyl adjacent to an activating group) is 1. The second-order valence-electron chi connectivity index (χ2n) is 5.98. The van der Waals surface area contributed by atoms with E-state index in [1.165, 1.54) is 11.1 Å². The number of ether oxygens (including phenoxy) is 1. The van der Waals surface area contributed by atoms with E-state index >= 15 is 0 Å². The smallest absolute Gasteiger partial charge is 0.146 e. The SMILES string of the molecule is Cc1cc(C)cc(OCCN(C)c2nc(C)cc(C)c2C#N)c1. The summed E-state index contributed by atoms with van der Waals surface area (Å²) in [7, 11) is 1.94. The minimum absolute atomic E-state index is 0.541. The minimum atomic E-state index is 0.541. The van der Waals surface area contributed by atoms with Crippen LogP contribution < -0.4 is 9.64 Å². The van der Waals surface area contributed by atoms with Crippen molar-refractivity contribution in [3.8, 4) is 11.8 Å². The Kier molecular flexibility index (Phi) is 5.23. The number of aryl methyl sites for hydroxylation is 4. The molecule has 1 aromatic heterocycles. The zero-order chi connectivity index (χ0) is 17.0. The Morgan fingerprint density at radius 3 is 2.35 bits per heavy atom. The molecule has 0 fully saturated rings. The van der Waals surface area contributed by atoms with Gasteiger partial charge in [-0.05, 0) is 62.6 Å². The van der Waals surface area contributed by atoms with Gasteiger partial charge in [-0.3, -0.25) is 0 Å². The third-order valence-electron chi connectivity index (χ3n) is 3.69. The predicted octanol–water partition coefficient (Wildman–Crippen LogP) is 3.70. The average molecular weight is 309 g/mol. The molecular weight excluding hydrogens is 286 g/mol. The number of hydrogen-bond acceptors (Lipinski definition) is 4. The summed E-state index contributed by atoms with van der Waals surface area (Å²) in [6, 6.07) is 10.4. The van der Waals surface area contributed by atoms with Crippen LogP contribution in [0.1, 0.15) is 27.9 Å². The third kappa shape index (κ3) is 4.23. The second kappa shape index (κ2) is 7.15. The van der Waals surface area contributed by atoms with Gasteiger partial charge in [0.2, 0.25) is 0 Å². The summed E-state index contributed by atoms with van der Waals surface area (Å²) in [5, 5.41) is 9.36. The van der Waals surface area contributed by atoms with Crippen LogP contribution in [-0.4, -0.2) is 25.2 Å². The largest absolute Gasteiger partial charge is 0.492 e. The Hall–Kier alpha value is -2.54. The molecule has 0 unspecified atom stereocenters. The van der Waals surface area contributed by atoms with Crippen molar-refractivity contribution in [2.75, 3.05) is 25.1 Å². The van der Waals surface area contributed by atoms with Gasteiger partial charge in [-0.1, -0.05) is 6.07 Å². The van der Waals surface area contributed by atoms with Crippen molar-refractivity contribution >= 4 is 5.82 Å². The molecule has 0 saturated carbocycles. The molecule has 2 aromatic rings. The lowest BCUT2D eigenvalue weighted by Crippen LogP contribution is -2.26. The summed E-state index contributed by atoms with van der Waals surface area (Å²) >= 11 is 0. The van der Waals surface area contributed by atoms with Crippen LogP contribution in [0, 0.1) is 39.0 Å². The van der Waals surface area contributed by atoms with Crippen LogP contribution >= 0.6 is 0 Å². The van der Waals surface area contributed by atoms with Gasteiger partial charge in [0, 0.05) is 12.7 Å². The van der Waals surface area contributed by atoms with Gasteiger partial charge in [0.1, 0.15) is 24.2 Å². The van der Waals surface area contributed by atoms with Crippen LogP contribution in [0.15, 0.2) is 24.3 Å². The highest BCUT2D eigenvalue weighted by molar-refractivity contribution is 5.57. The van der Waals surface area contributed by atoms with Gasteiger partial charge in [0.25, 0.3) is 0 Å². The van der Waals surface area contributed by atoms with Gasteiger partial charge < -0.3 is 9.64 Å². The first-order valence-electron chi connectivity index (χ1n) is 7.71. The summed E-state index contributed by atoms with van der Waals surface area (Å²) in [6.07, 6.45) is 0. The molecule has 0 radical (unpaired) electrons. The highest BCUT2D eigenvalue weighted by Gasteiger charge is 2.12. The van der Waals surface area contributed by atoms with E-state index in [-0.39, 0.29) is 0 Å². The first kappa shape index (κ1) is 16.8. The topological polar surface area (TPSA) is 49.1 Å². The molecule has 120 valence electrons. The van der Waals surface area contributed by atoms with Crippen molar-refractivity contribution < 1.29 is 4.74 Å². The van der Waals surface area contributed by atoms with Crippen molar-refractivity contribution in [2.45, 2.75) is 27.7 Å². The molecule has 1 heterocycles. The summed E-state index contributed by atoms with van der Waals surface area (Å²) in [4.78, 5) is 6.48. The van der Waals surface area contributed by atoms with E-state index in [1.807, 2.05) is 44.0 Å². The number of rotatable bonds is 5. The molecule has 0 amide bonds. The quantitative estimate of drug-likeness (QED) is 0.845. The lowest BCUT2D eigenvalue weighted by Gasteiger charge is -2.21. The summed E-state index contributed by atoms with van der Waals surface area (Å²) in [5.41, 5.74) is 4.88. The van der Waals surface area contributed by atoms with Crippen molar-refractivity contribution in [3.05, 3.63) is 52.2 Å². The lowest BCUT2D eigenvalue weighted by molar-refractivity contribution is 0.325. The summed E-state index contributed by atoms with van der Waals surface area (Å²) < 4.78 is 5.84. The van der Waals surface area contributed by atoms with Crippen molar-refractivity contribution in [1.29, 1.82) is 5.26 Å². The number of nitriles is 1. The van der Waals surface area contributed by atoms with Gasteiger partial charge in [-0.15, -0.1) is 0 Å². The zero-order valence-electron chi connectivity index (χ0n) is 14.5. The van der Waals surface area contributed by atoms with E-state index in [4.69, 9.17) is 4.74 Å². The van der Waals surface area contributed by atoms with Gasteiger partial charge in [0.15, 0.2) is 0 Å². The van der Waals surface area contributed by atoms with Crippen LogP contribution in [0.25, 0.3) is 0 Å². The predicted molar refractivity (Wildman–Crippen MR) is 93.1 cm³/mol. The Labute approximate surface area is 138 Å². The molecule has 4 heteroatoms. The Morgan fingerprint density at radius 2 is 1.74 bits per heavy atom. The third-order valence-corrected chi connectivity index (χ3v) is 3.69. The van der Waals surface area contributed by atoms with Crippen LogP contribution in [0.3, 0.4) is 0 Å². The Morgan fingerprint density at radius 1 is 1.09 bits per heavy atom. The van der Waals surface area contributed by atoms with E-state index in [0.29, 0.717) is 24.5 Å². The molecule has 0 aliphatic carbocycles. The van der Waals surface area contributed by atoms with Crippen molar-refractivity contribution in [2.24, 2.45) is 0 Å². The normalized spacial score (nSPS) is 10.3. The summed E-state index contributed by atoms with van der Waals surface area (Å²) in [5.74, 6) is 1.60. The fourth-order valence-corrected chi connectivity index (χ4v) is 2.65. The van der Waals surface area contributed by atoms with E-state index in [0.717, 1.165) is 17.0 Å². The Balaban J connectivity index is 2.05. The molecule has 1 aromatic carbocycles. The van der Waals surface area contributed by atoms with Crippen molar-refractivity contribution in [3.63, 3.8) is 0 Å². The lowest BCUT2D eigenvalue weighted by atomic mass is 10.1. The van der Waals surface area contributed by atoms with E-state index in [2.05, 4.69) is 31.0 Å². The Bertz CT molecular complexity index is 727. The average Bonchev–Trinajstić information content (AvgIpc) is 2.45. The molecule has 0 N–H and O–H groups in total. The van der Waals surface area contributed by atoms with Crippen molar-refractivity contribution in [1.82, 2.24) is 4.98 Å². The number of nitrogens with zero attached hydrogens (tertiary/aromatic N) is 3. The molecule has 0 atom stereocenters. The van der Waals surface area contributed by atoms with Gasteiger partial charge >= 0.3 is 0 Å². The molecular formula is C19H23N3O. The molecule has 0 bridgehead atoms. The summed E-state index contributed by atoms with van der Waals surface area (Å²) in [6.45, 7) is 9.21. The number of aromatic nitrogens is 1. The van der Waals surface area contributed by atoms with Crippen LogP contribution in [-0.2, 0) is 0 Å². The number of hydrogen-bond donors (Lipinski definition) is 0. The maximum atomic E-state index is 9.36. The highest BCUT2D eigenvalue weighted by atomic mass is 16.5. The fourth-order valence-electron chi connectivity index (χ4n) is 2.65. The van der Waals surface area contributed by atoms with Crippen LogP contribution in [0.4, 0.5) is 5.82 Å². The van der Waals surface area contributed by atoms with Crippen LogP contribution in [0.5, 0.6) is 5.75 Å². The van der Waals surface area contributed by atoms with Gasteiger partial charge in [-0.25, -0.2) is 4.98 Å². The van der Waals surface area contributed by atoms with E-state index in [9.17, 15) is 5.26 Å². The van der Waals surface area contributed by atoms with Crippen LogP contribution in [0.2, 0.25) is 0 Å². The standard InChI is InChI=1S/C19H23N3O/c1-13-8-14(2)10-17(9-13)23-7-6-22(5)19-18(12-20)15(3)11-16(4)21-19/h8-11H,6-7H2,1-5H3. The number of anilines is 1. The fraction of sp³-hybridized carbons (Fsp3) is 0.368. The first-order valence-corrected chi connectivity index (χ1v) is 7.71. The molecule has 0 aliphatic heterocycles. The maximum absolute atomic E-state index is 9.36. The highest BCUT2D eigenvalue weighted by Crippen LogP contribution is 2.21. The maximum Gasteiger partial charge on any atom is 0.146 e. The van der Waals surface area contributed by atoms with E-state index in [1.54, 1.807) is 0 Å². The second-order valence-corrected chi connectivity index (χ2v) is 5.98. The van der Waals surface area contributed by atoms with Gasteiger partial charge in [-0.2, -0.15) is 5.26 Å². The molecule has 0 aliphatic rings. The first-order chi connectivity index (χ1) is 10.9. The zero-order valence-corrected chi connectivity index (χ0v) is 14.5. The number of pyridine rings is 1. The van der Waals surface area contributed by atoms with E-state index < -0.39 is 0 Å². The molecule has 23 heavy (non-hydrogen) atoms. The van der Waals surface area contributed by atoms with Gasteiger partial charge in [0.05, 0.1) is 12.1 Å².